The molecule has 3 aromatic heterocycles. The monoisotopic (exact) mass is 504 g/mol. The molecule has 0 bridgehead atoms. The summed E-state index contributed by atoms with van der Waals surface area (Å²) in [5.74, 6) is -0.181. The summed E-state index contributed by atoms with van der Waals surface area (Å²) in [6.07, 6.45) is -5.68. The maximum atomic E-state index is 13.1. The summed E-state index contributed by atoms with van der Waals surface area (Å²) in [4.78, 5) is 22.0. The average Bonchev–Trinajstić information content (AvgIpc) is 3.16. The van der Waals surface area contributed by atoms with E-state index < -0.39 is 24.8 Å². The van der Waals surface area contributed by atoms with Gasteiger partial charge in [-0.2, -0.15) is 13.2 Å². The lowest BCUT2D eigenvalue weighted by Gasteiger charge is -2.22. The largest absolute Gasteiger partial charge is 0.390 e. The highest BCUT2D eigenvalue weighted by Crippen LogP contribution is 2.33. The van der Waals surface area contributed by atoms with E-state index in [1.807, 2.05) is 39.2 Å². The van der Waals surface area contributed by atoms with E-state index in [9.17, 15) is 23.1 Å². The molecule has 16 heteroatoms. The van der Waals surface area contributed by atoms with Gasteiger partial charge in [-0.15, -0.1) is 21.5 Å². The van der Waals surface area contributed by atoms with Gasteiger partial charge in [0.05, 0.1) is 36.5 Å². The fourth-order valence-corrected chi connectivity index (χ4v) is 4.75. The molecule has 0 saturated heterocycles. The Labute approximate surface area is 215 Å². The summed E-state index contributed by atoms with van der Waals surface area (Å²) in [6, 6.07) is 3.41. The van der Waals surface area contributed by atoms with Crippen LogP contribution in [0.25, 0.3) is 28.0 Å². The van der Waals surface area contributed by atoms with E-state index >= 15 is 0 Å². The van der Waals surface area contributed by atoms with Gasteiger partial charge in [0.2, 0.25) is 5.95 Å². The van der Waals surface area contributed by atoms with Gasteiger partial charge in [-0.05, 0) is 30.2 Å². The molecule has 3 heterocycles. The van der Waals surface area contributed by atoms with Crippen LogP contribution in [0.2, 0.25) is 0 Å². The first-order chi connectivity index (χ1) is 17.2. The molecule has 3 N–H and O–H groups in total. The molecule has 0 aliphatic heterocycles. The molecule has 4 aromatic rings. The minimum atomic E-state index is -4.46. The van der Waals surface area contributed by atoms with Gasteiger partial charge in [0.15, 0.2) is 5.65 Å². The van der Waals surface area contributed by atoms with E-state index in [1.165, 1.54) is 0 Å². The molecule has 1 aromatic carbocycles. The third kappa shape index (κ3) is 4.70. The van der Waals surface area contributed by atoms with Crippen molar-refractivity contribution in [1.29, 1.82) is 0 Å². The third-order valence-electron chi connectivity index (χ3n) is 7.06. The normalized spacial score (nSPS) is 11.9. The van der Waals surface area contributed by atoms with E-state index in [0.717, 1.165) is 42.0 Å². The van der Waals surface area contributed by atoms with E-state index in [2.05, 4.69) is 15.1 Å². The molecule has 37 heavy (non-hydrogen) atoms. The smallest absolute Gasteiger partial charge is 0.390 e. The molecule has 0 saturated carbocycles. The van der Waals surface area contributed by atoms with Crippen molar-refractivity contribution in [2.45, 2.75) is 32.7 Å². The Morgan fingerprint density at radius 1 is 0.973 bits per heavy atom. The van der Waals surface area contributed by atoms with E-state index in [0.29, 0.717) is 28.2 Å². The fourth-order valence-electron chi connectivity index (χ4n) is 4.75. The van der Waals surface area contributed by atoms with Crippen molar-refractivity contribution in [2.75, 3.05) is 5.73 Å². The molecule has 0 atom stereocenters. The Morgan fingerprint density at radius 2 is 1.57 bits per heavy atom. The topological polar surface area (TPSA) is 111 Å². The lowest BCUT2D eigenvalue weighted by atomic mass is 9.60. The van der Waals surface area contributed by atoms with Crippen LogP contribution in [-0.2, 0) is 13.2 Å². The molecule has 0 amide bonds. The first kappa shape index (κ1) is 26.7. The van der Waals surface area contributed by atoms with Crippen molar-refractivity contribution in [1.82, 2.24) is 24.1 Å². The van der Waals surface area contributed by atoms with E-state index in [-0.39, 0.29) is 18.2 Å². The highest BCUT2D eigenvalue weighted by Gasteiger charge is 2.29. The highest BCUT2D eigenvalue weighted by atomic mass is 19.4. The molecular formula is C21H24B5F3N6O2. The summed E-state index contributed by atoms with van der Waals surface area (Å²) in [7, 11) is 10.0. The molecule has 0 aliphatic rings. The summed E-state index contributed by atoms with van der Waals surface area (Å²) >= 11 is 0. The van der Waals surface area contributed by atoms with Crippen molar-refractivity contribution >= 4 is 78.1 Å². The van der Waals surface area contributed by atoms with Gasteiger partial charge in [-0.1, -0.05) is 10.9 Å². The Morgan fingerprint density at radius 3 is 2.14 bits per heavy atom. The maximum absolute atomic E-state index is 13.1. The van der Waals surface area contributed by atoms with Crippen LogP contribution in [0.15, 0.2) is 16.9 Å². The number of aryl methyl sites for hydroxylation is 2. The number of benzene rings is 1. The highest BCUT2D eigenvalue weighted by molar-refractivity contribution is 6.68. The van der Waals surface area contributed by atoms with E-state index in [1.54, 1.807) is 19.1 Å². The number of rotatable bonds is 5. The van der Waals surface area contributed by atoms with Crippen LogP contribution in [0, 0.1) is 6.92 Å². The second-order valence-corrected chi connectivity index (χ2v) is 9.37. The molecule has 0 fully saturated rings. The SMILES string of the molecule is Bc1c(B)c(B)c(-c2nc(N)n3c(=O)n(CCC(F)(F)F)nc3c2-c2cc(C)nc(CO)c2)c(B)c1B. The standard InChI is InChI=1S/C21H24B5F3N6O2/c1-7-4-8(5-9(6-36)31-7)10-17(11-12(22)14(24)16(26)15(25)13(11)23)32-19(30)35-18(10)33-34(20(35)37)3-2-21(27,28)29/h4-5,36H,2-3,6,22-26H2,1H3,(H2,30,32). The second kappa shape index (κ2) is 9.48. The molecule has 4 rings (SSSR count). The summed E-state index contributed by atoms with van der Waals surface area (Å²) in [5, 5.41) is 14.1. The molecule has 0 radical (unpaired) electrons. The van der Waals surface area contributed by atoms with Crippen molar-refractivity contribution < 1.29 is 18.3 Å². The van der Waals surface area contributed by atoms with Gasteiger partial charge in [-0.25, -0.2) is 18.9 Å². The number of hydrogen-bond acceptors (Lipinski definition) is 6. The molecular weight excluding hydrogens is 479 g/mol. The van der Waals surface area contributed by atoms with Crippen LogP contribution in [0.5, 0.6) is 0 Å². The van der Waals surface area contributed by atoms with Gasteiger partial charge in [0.25, 0.3) is 0 Å². The van der Waals surface area contributed by atoms with Gasteiger partial charge in [-0.3, -0.25) is 4.98 Å². The number of alkyl halides is 3. The number of aliphatic hydroxyl groups is 1. The number of nitrogen functional groups attached to an aromatic ring is 1. The number of fused-ring (bicyclic) bond motifs is 1. The van der Waals surface area contributed by atoms with Crippen LogP contribution < -0.4 is 38.7 Å². The predicted molar refractivity (Wildman–Crippen MR) is 153 cm³/mol. The molecule has 0 unspecified atom stereocenters. The number of nitrogens with two attached hydrogens (primary N) is 1. The van der Waals surface area contributed by atoms with Crippen molar-refractivity contribution in [3.63, 3.8) is 0 Å². The number of aliphatic hydroxyl groups excluding tert-OH is 1. The lowest BCUT2D eigenvalue weighted by molar-refractivity contribution is -0.137. The number of hydrogen-bond donors (Lipinski definition) is 2. The van der Waals surface area contributed by atoms with Crippen LogP contribution in [0.1, 0.15) is 17.8 Å². The first-order valence-corrected chi connectivity index (χ1v) is 11.8. The number of anilines is 1. The van der Waals surface area contributed by atoms with Crippen molar-refractivity contribution in [2.24, 2.45) is 0 Å². The molecule has 0 aliphatic carbocycles. The fraction of sp³-hybridized carbons (Fsp3) is 0.238. The molecule has 8 nitrogen and oxygen atoms in total. The Bertz CT molecular complexity index is 1590. The Kier molecular flexibility index (Phi) is 6.83. The van der Waals surface area contributed by atoms with Crippen molar-refractivity contribution in [3.8, 4) is 22.4 Å². The van der Waals surface area contributed by atoms with Crippen LogP contribution in [0.4, 0.5) is 19.1 Å². The average molecular weight is 504 g/mol. The third-order valence-corrected chi connectivity index (χ3v) is 7.06. The van der Waals surface area contributed by atoms with E-state index in [4.69, 9.17) is 5.73 Å². The Balaban J connectivity index is 2.17. The zero-order valence-electron chi connectivity index (χ0n) is 21.6. The second-order valence-electron chi connectivity index (χ2n) is 9.37. The lowest BCUT2D eigenvalue weighted by Crippen LogP contribution is -2.55. The van der Waals surface area contributed by atoms with Crippen LogP contribution >= 0.6 is 0 Å². The summed E-state index contributed by atoms with van der Waals surface area (Å²) in [5.41, 5.74) is 14.0. The first-order valence-electron chi connectivity index (χ1n) is 11.8. The quantitative estimate of drug-likeness (QED) is 0.263. The number of pyridine rings is 1. The van der Waals surface area contributed by atoms with Crippen LogP contribution in [-0.4, -0.2) is 74.7 Å². The molecule has 0 spiro atoms. The number of halogens is 3. The zero-order chi connectivity index (χ0) is 27.4. The van der Waals surface area contributed by atoms with Gasteiger partial charge < -0.3 is 10.8 Å². The number of aromatic nitrogens is 5. The number of nitrogens with zero attached hydrogens (tertiary/aromatic N) is 5. The van der Waals surface area contributed by atoms with Crippen LogP contribution in [0.3, 0.4) is 0 Å². The minimum Gasteiger partial charge on any atom is -0.390 e. The van der Waals surface area contributed by atoms with Gasteiger partial charge >= 0.3 is 11.9 Å². The van der Waals surface area contributed by atoms with Gasteiger partial charge in [0, 0.05) is 5.69 Å². The minimum absolute atomic E-state index is 0.0823. The predicted octanol–water partition coefficient (Wildman–Crippen LogP) is -5.75. The maximum Gasteiger partial charge on any atom is 0.390 e. The summed E-state index contributed by atoms with van der Waals surface area (Å²) < 4.78 is 40.6. The van der Waals surface area contributed by atoms with Gasteiger partial charge in [0.1, 0.15) is 39.2 Å². The molecule has 186 valence electrons. The Hall–Kier alpha value is -3.41. The zero-order valence-corrected chi connectivity index (χ0v) is 21.6. The summed E-state index contributed by atoms with van der Waals surface area (Å²) in [6.45, 7) is 0.779. The van der Waals surface area contributed by atoms with Crippen molar-refractivity contribution in [3.05, 3.63) is 34.0 Å².